The van der Waals surface area contributed by atoms with Crippen molar-refractivity contribution >= 4 is 43.2 Å². The van der Waals surface area contributed by atoms with Gasteiger partial charge in [0.1, 0.15) is 19.8 Å². The molecule has 274 valence electrons. The average molecular weight is 722 g/mol. The molecule has 0 bridgehead atoms. The fourth-order valence-corrected chi connectivity index (χ4v) is 10.1. The van der Waals surface area contributed by atoms with Gasteiger partial charge < -0.3 is 15.4 Å². The monoisotopic (exact) mass is 721 g/mol. The Kier molecular flexibility index (Phi) is 10.7. The van der Waals surface area contributed by atoms with Crippen molar-refractivity contribution in [2.24, 2.45) is 14.1 Å². The normalized spacial score (nSPS) is 14.4. The van der Waals surface area contributed by atoms with Crippen LogP contribution in [0.4, 0.5) is 11.4 Å². The molecule has 0 unspecified atom stereocenters. The number of pyridine rings is 2. The van der Waals surface area contributed by atoms with Crippen LogP contribution in [-0.4, -0.2) is 46.0 Å². The lowest BCUT2D eigenvalue weighted by molar-refractivity contribution is -0.653. The summed E-state index contributed by atoms with van der Waals surface area (Å²) in [5.41, 5.74) is 13.1. The topological polar surface area (TPSA) is 78.4 Å². The molecule has 2 heterocycles. The van der Waals surface area contributed by atoms with E-state index >= 15 is 0 Å². The molecule has 2 aliphatic carbocycles. The fourth-order valence-electron chi connectivity index (χ4n) is 8.55. The lowest BCUT2D eigenvalue weighted by Crippen LogP contribution is -2.38. The summed E-state index contributed by atoms with van der Waals surface area (Å²) < 4.78 is 40.1. The van der Waals surface area contributed by atoms with Gasteiger partial charge in [-0.05, 0) is 113 Å². The van der Waals surface area contributed by atoms with Crippen molar-refractivity contribution in [1.29, 1.82) is 0 Å². The van der Waals surface area contributed by atoms with E-state index < -0.39 is 10.0 Å². The van der Waals surface area contributed by atoms with Crippen LogP contribution in [0, 0.1) is 13.8 Å². The summed E-state index contributed by atoms with van der Waals surface area (Å²) in [5.74, 6) is 0.642. The van der Waals surface area contributed by atoms with Crippen LogP contribution in [-0.2, 0) is 49.8 Å². The maximum Gasteiger partial charge on any atom is 0.243 e. The molecule has 52 heavy (non-hydrogen) atoms. The predicted octanol–water partition coefficient (Wildman–Crippen LogP) is 7.02. The van der Waals surface area contributed by atoms with Crippen LogP contribution in [0.2, 0.25) is 0 Å². The van der Waals surface area contributed by atoms with Crippen LogP contribution in [0.15, 0.2) is 65.6 Å². The van der Waals surface area contributed by atoms with Crippen molar-refractivity contribution in [3.63, 3.8) is 0 Å². The van der Waals surface area contributed by atoms with Gasteiger partial charge in [0.05, 0.1) is 34.2 Å². The van der Waals surface area contributed by atoms with E-state index in [2.05, 4.69) is 84.1 Å². The second-order valence-corrected chi connectivity index (χ2v) is 16.8. The third-order valence-electron chi connectivity index (χ3n) is 11.3. The Morgan fingerprint density at radius 2 is 1.13 bits per heavy atom. The summed E-state index contributed by atoms with van der Waals surface area (Å²) >= 11 is 0. The van der Waals surface area contributed by atoms with Crippen molar-refractivity contribution in [2.75, 3.05) is 43.9 Å². The van der Waals surface area contributed by atoms with E-state index in [1.165, 1.54) is 92.5 Å². The zero-order chi connectivity index (χ0) is 36.4. The maximum atomic E-state index is 14.2. The predicted molar refractivity (Wildman–Crippen MR) is 211 cm³/mol. The minimum absolute atomic E-state index is 0.298. The second kappa shape index (κ2) is 15.4. The summed E-state index contributed by atoms with van der Waals surface area (Å²) in [7, 11) is 2.26. The van der Waals surface area contributed by atoms with E-state index in [4.69, 9.17) is 4.74 Å². The highest BCUT2D eigenvalue weighted by Gasteiger charge is 2.29. The fraction of sp³-hybridized carbons (Fsp3) is 0.442. The van der Waals surface area contributed by atoms with Crippen LogP contribution >= 0.6 is 0 Å². The van der Waals surface area contributed by atoms with Gasteiger partial charge in [-0.1, -0.05) is 12.1 Å². The Balaban J connectivity index is 1.10. The molecule has 0 fully saturated rings. The smallest absolute Gasteiger partial charge is 0.243 e. The summed E-state index contributed by atoms with van der Waals surface area (Å²) in [6.07, 6.45) is 10.5. The van der Waals surface area contributed by atoms with Gasteiger partial charge in [0.15, 0.2) is 11.4 Å². The van der Waals surface area contributed by atoms with E-state index in [0.29, 0.717) is 49.7 Å². The van der Waals surface area contributed by atoms with Crippen LogP contribution in [0.25, 0.3) is 21.8 Å². The molecule has 0 spiro atoms. The Morgan fingerprint density at radius 1 is 0.673 bits per heavy atom. The van der Waals surface area contributed by atoms with Gasteiger partial charge >= 0.3 is 0 Å². The van der Waals surface area contributed by atoms with Crippen LogP contribution in [0.1, 0.15) is 72.2 Å². The minimum atomic E-state index is -3.72. The first-order valence-corrected chi connectivity index (χ1v) is 20.6. The maximum absolute atomic E-state index is 14.2. The molecule has 3 aromatic carbocycles. The second-order valence-electron chi connectivity index (χ2n) is 14.8. The highest BCUT2D eigenvalue weighted by molar-refractivity contribution is 7.89. The lowest BCUT2D eigenvalue weighted by atomic mass is 9.91. The summed E-state index contributed by atoms with van der Waals surface area (Å²) in [5, 5.41) is 10.1. The van der Waals surface area contributed by atoms with Gasteiger partial charge in [0.25, 0.3) is 0 Å². The van der Waals surface area contributed by atoms with Crippen LogP contribution in [0.5, 0.6) is 5.75 Å². The van der Waals surface area contributed by atoms with Crippen molar-refractivity contribution in [3.8, 4) is 5.75 Å². The van der Waals surface area contributed by atoms with Gasteiger partial charge in [0, 0.05) is 62.3 Å². The van der Waals surface area contributed by atoms with Crippen molar-refractivity contribution in [2.45, 2.75) is 83.0 Å². The van der Waals surface area contributed by atoms with Gasteiger partial charge in [-0.25, -0.2) is 8.42 Å². The molecule has 2 N–H and O–H groups in total. The number of nitrogens with zero attached hydrogens (tertiary/aromatic N) is 3. The SMILES string of the molecule is COc1ccc(S(=O)(=O)N(CCCNc2c3c([n+](C)c4ccc(C)cc24)CCCC3)CCCNc2c3c([n+](C)c4ccc(C)cc24)CCCC3)cc1. The third kappa shape index (κ3) is 7.09. The van der Waals surface area contributed by atoms with Gasteiger partial charge in [0.2, 0.25) is 21.1 Å². The van der Waals surface area contributed by atoms with E-state index in [1.54, 1.807) is 35.7 Å². The minimum Gasteiger partial charge on any atom is -0.497 e. The zero-order valence-electron chi connectivity index (χ0n) is 31.6. The number of methoxy groups -OCH3 is 1. The van der Waals surface area contributed by atoms with E-state index in [1.807, 2.05) is 0 Å². The number of benzene rings is 3. The van der Waals surface area contributed by atoms with E-state index in [0.717, 1.165) is 25.7 Å². The Labute approximate surface area is 309 Å². The molecule has 0 saturated heterocycles. The number of aromatic nitrogens is 2. The summed E-state index contributed by atoms with van der Waals surface area (Å²) in [6, 6.07) is 20.2. The Bertz CT molecular complexity index is 2100. The van der Waals surface area contributed by atoms with Crippen molar-refractivity contribution in [3.05, 3.63) is 94.3 Å². The van der Waals surface area contributed by atoms with E-state index in [9.17, 15) is 8.42 Å². The van der Waals surface area contributed by atoms with Gasteiger partial charge in [-0.15, -0.1) is 0 Å². The van der Waals surface area contributed by atoms with E-state index in [-0.39, 0.29) is 0 Å². The highest BCUT2D eigenvalue weighted by Crippen LogP contribution is 2.34. The quantitative estimate of drug-likeness (QED) is 0.101. The third-order valence-corrected chi connectivity index (χ3v) is 13.2. The molecule has 0 amide bonds. The van der Waals surface area contributed by atoms with Gasteiger partial charge in [-0.3, -0.25) is 0 Å². The molecular formula is C43H55N5O3S+2. The number of hydrogen-bond donors (Lipinski definition) is 2. The molecule has 0 atom stereocenters. The number of ether oxygens (including phenoxy) is 1. The first kappa shape index (κ1) is 36.2. The molecule has 0 saturated carbocycles. The van der Waals surface area contributed by atoms with Crippen molar-refractivity contribution < 1.29 is 22.3 Å². The molecule has 5 aromatic rings. The molecule has 9 heteroatoms. The number of nitrogens with one attached hydrogen (secondary N) is 2. The van der Waals surface area contributed by atoms with Crippen LogP contribution < -0.4 is 24.5 Å². The molecule has 8 nitrogen and oxygen atoms in total. The number of aryl methyl sites for hydroxylation is 4. The molecule has 2 aliphatic rings. The largest absolute Gasteiger partial charge is 0.497 e. The molecular weight excluding hydrogens is 667 g/mol. The number of anilines is 2. The number of sulfonamides is 1. The summed E-state index contributed by atoms with van der Waals surface area (Å²) in [4.78, 5) is 0.298. The summed E-state index contributed by atoms with van der Waals surface area (Å²) in [6.45, 7) is 6.54. The Hall–Kier alpha value is -4.21. The zero-order valence-corrected chi connectivity index (χ0v) is 32.5. The molecule has 2 aromatic heterocycles. The Morgan fingerprint density at radius 3 is 1.60 bits per heavy atom. The standard InChI is InChI=1S/C43H53N5O3S/c1-30-16-22-40-36(28-30)42(34-12-6-8-14-38(34)46(40)3)44-24-10-26-48(52(49,50)33-20-18-32(51-5)19-21-33)27-11-25-45-43-35-13-7-9-15-39(35)47(4)41-23-17-31(2)29-37(41)43/h16-23,28-29H,6-15,24-27H2,1-5H3/p+2. The highest BCUT2D eigenvalue weighted by atomic mass is 32.2. The number of fused-ring (bicyclic) bond motifs is 4. The first-order valence-electron chi connectivity index (χ1n) is 19.2. The average Bonchev–Trinajstić information content (AvgIpc) is 3.16. The van der Waals surface area contributed by atoms with Crippen molar-refractivity contribution in [1.82, 2.24) is 4.31 Å². The molecule has 0 radical (unpaired) electrons. The van der Waals surface area contributed by atoms with Gasteiger partial charge in [-0.2, -0.15) is 13.4 Å². The molecule has 0 aliphatic heterocycles. The molecule has 7 rings (SSSR count). The number of hydrogen-bond acceptors (Lipinski definition) is 5. The lowest BCUT2D eigenvalue weighted by Gasteiger charge is -2.24. The number of rotatable bonds is 13. The first-order chi connectivity index (χ1) is 25.2. The van der Waals surface area contributed by atoms with Crippen LogP contribution in [0.3, 0.4) is 0 Å².